The molecule has 1 unspecified atom stereocenters. The molecule has 0 fully saturated rings. The zero-order valence-electron chi connectivity index (χ0n) is 11.7. The van der Waals surface area contributed by atoms with E-state index in [4.69, 9.17) is 9.84 Å². The second kappa shape index (κ2) is 6.85. The Bertz CT molecular complexity index is 504. The lowest BCUT2D eigenvalue weighted by Gasteiger charge is -2.24. The molecule has 0 aromatic heterocycles. The van der Waals surface area contributed by atoms with Crippen LogP contribution in [-0.2, 0) is 0 Å². The van der Waals surface area contributed by atoms with Gasteiger partial charge in [-0.1, -0.05) is 6.07 Å². The molecule has 0 spiro atoms. The number of carbonyl (C=O) groups is 1. The summed E-state index contributed by atoms with van der Waals surface area (Å²) in [5, 5.41) is 20.2. The molecule has 1 N–H and O–H groups in total. The molecule has 0 bridgehead atoms. The van der Waals surface area contributed by atoms with Gasteiger partial charge in [0.1, 0.15) is 5.75 Å². The first-order valence-electron chi connectivity index (χ1n) is 6.22. The number of nitro benzene ring substituents is 1. The van der Waals surface area contributed by atoms with Crippen LogP contribution >= 0.6 is 0 Å². The van der Waals surface area contributed by atoms with Gasteiger partial charge in [-0.15, -0.1) is 0 Å². The third-order valence-electron chi connectivity index (χ3n) is 2.96. The number of hydrogen-bond donors (Lipinski definition) is 1. The Labute approximate surface area is 116 Å². The van der Waals surface area contributed by atoms with Gasteiger partial charge in [-0.05, 0) is 19.9 Å². The number of carbonyl (C=O) groups excluding carboxylic acids is 1. The minimum absolute atomic E-state index is 0.0952. The van der Waals surface area contributed by atoms with Crippen LogP contribution in [0.1, 0.15) is 24.2 Å². The van der Waals surface area contributed by atoms with Crippen molar-refractivity contribution >= 4 is 11.6 Å². The summed E-state index contributed by atoms with van der Waals surface area (Å²) in [4.78, 5) is 24.1. The topological polar surface area (TPSA) is 92.9 Å². The van der Waals surface area contributed by atoms with Crippen LogP contribution in [0.2, 0.25) is 0 Å². The molecule has 0 heterocycles. The highest BCUT2D eigenvalue weighted by atomic mass is 16.6. The minimum Gasteiger partial charge on any atom is -0.493 e. The van der Waals surface area contributed by atoms with E-state index >= 15 is 0 Å². The van der Waals surface area contributed by atoms with E-state index < -0.39 is 16.9 Å². The van der Waals surface area contributed by atoms with E-state index in [9.17, 15) is 14.9 Å². The molecule has 110 valence electrons. The molecule has 1 atom stereocenters. The van der Waals surface area contributed by atoms with E-state index in [1.165, 1.54) is 30.1 Å². The molecule has 7 heteroatoms. The van der Waals surface area contributed by atoms with Crippen molar-refractivity contribution in [2.45, 2.75) is 19.9 Å². The van der Waals surface area contributed by atoms with Crippen LogP contribution in [0.5, 0.6) is 5.75 Å². The summed E-state index contributed by atoms with van der Waals surface area (Å²) < 4.78 is 5.30. The van der Waals surface area contributed by atoms with Gasteiger partial charge in [0.05, 0.1) is 24.2 Å². The Morgan fingerprint density at radius 3 is 2.70 bits per heavy atom. The average Bonchev–Trinajstić information content (AvgIpc) is 2.44. The lowest BCUT2D eigenvalue weighted by atomic mass is 10.1. The van der Waals surface area contributed by atoms with E-state index in [1.54, 1.807) is 13.8 Å². The predicted molar refractivity (Wildman–Crippen MR) is 72.9 cm³/mol. The number of amides is 1. The molecule has 0 radical (unpaired) electrons. The lowest BCUT2D eigenvalue weighted by Crippen LogP contribution is -2.37. The summed E-state index contributed by atoms with van der Waals surface area (Å²) in [5.41, 5.74) is -0.403. The van der Waals surface area contributed by atoms with Gasteiger partial charge in [0, 0.05) is 13.1 Å². The van der Waals surface area contributed by atoms with Crippen molar-refractivity contribution in [3.05, 3.63) is 33.9 Å². The number of aliphatic hydroxyl groups excluding tert-OH is 1. The fraction of sp³-hybridized carbons (Fsp3) is 0.462. The quantitative estimate of drug-likeness (QED) is 0.629. The Kier molecular flexibility index (Phi) is 5.45. The standard InChI is InChI=1S/C13H18N2O5/c1-4-20-11-7-5-6-10(15(18)19)12(11)13(17)14(3)9(2)8-16/h5-7,9,16H,4,8H2,1-3H3. The first-order chi connectivity index (χ1) is 9.43. The molecule has 0 saturated heterocycles. The van der Waals surface area contributed by atoms with E-state index in [2.05, 4.69) is 0 Å². The molecule has 20 heavy (non-hydrogen) atoms. The Morgan fingerprint density at radius 1 is 1.55 bits per heavy atom. The molecule has 0 saturated carbocycles. The molecule has 7 nitrogen and oxygen atoms in total. The maximum Gasteiger partial charge on any atom is 0.285 e. The zero-order valence-corrected chi connectivity index (χ0v) is 11.7. The normalized spacial score (nSPS) is 11.8. The van der Waals surface area contributed by atoms with Crippen molar-refractivity contribution in [1.29, 1.82) is 0 Å². The van der Waals surface area contributed by atoms with Crippen LogP contribution in [0, 0.1) is 10.1 Å². The summed E-state index contributed by atoms with van der Waals surface area (Å²) in [6.07, 6.45) is 0. The number of hydrogen-bond acceptors (Lipinski definition) is 5. The SMILES string of the molecule is CCOc1cccc([N+](=O)[O-])c1C(=O)N(C)C(C)CO. The van der Waals surface area contributed by atoms with Crippen LogP contribution in [0.15, 0.2) is 18.2 Å². The van der Waals surface area contributed by atoms with Gasteiger partial charge in [-0.2, -0.15) is 0 Å². The van der Waals surface area contributed by atoms with Crippen LogP contribution < -0.4 is 4.74 Å². The highest BCUT2D eigenvalue weighted by Crippen LogP contribution is 2.29. The monoisotopic (exact) mass is 282 g/mol. The Balaban J connectivity index is 3.32. The number of rotatable bonds is 6. The van der Waals surface area contributed by atoms with Gasteiger partial charge in [-0.3, -0.25) is 14.9 Å². The molecule has 1 rings (SSSR count). The highest BCUT2D eigenvalue weighted by molar-refractivity contribution is 6.01. The number of benzene rings is 1. The first-order valence-corrected chi connectivity index (χ1v) is 6.22. The van der Waals surface area contributed by atoms with Gasteiger partial charge in [-0.25, -0.2) is 0 Å². The Hall–Kier alpha value is -2.15. The first kappa shape index (κ1) is 15.9. The Morgan fingerprint density at radius 2 is 2.20 bits per heavy atom. The van der Waals surface area contributed by atoms with Crippen molar-refractivity contribution in [3.63, 3.8) is 0 Å². The smallest absolute Gasteiger partial charge is 0.285 e. The molecule has 1 aromatic rings. The lowest BCUT2D eigenvalue weighted by molar-refractivity contribution is -0.385. The zero-order chi connectivity index (χ0) is 15.3. The fourth-order valence-electron chi connectivity index (χ4n) is 1.66. The van der Waals surface area contributed by atoms with Gasteiger partial charge in [0.15, 0.2) is 5.56 Å². The molecular formula is C13H18N2O5. The molecule has 0 aliphatic carbocycles. The highest BCUT2D eigenvalue weighted by Gasteiger charge is 2.29. The molecule has 0 aliphatic rings. The maximum absolute atomic E-state index is 12.4. The molecule has 0 aliphatic heterocycles. The third-order valence-corrected chi connectivity index (χ3v) is 2.96. The largest absolute Gasteiger partial charge is 0.493 e. The van der Waals surface area contributed by atoms with E-state index in [-0.39, 0.29) is 23.6 Å². The van der Waals surface area contributed by atoms with E-state index in [0.29, 0.717) is 6.61 Å². The second-order valence-corrected chi connectivity index (χ2v) is 4.29. The van der Waals surface area contributed by atoms with Crippen LogP contribution in [0.3, 0.4) is 0 Å². The van der Waals surface area contributed by atoms with Crippen molar-refractivity contribution in [1.82, 2.24) is 4.90 Å². The molecule has 1 aromatic carbocycles. The average molecular weight is 282 g/mol. The van der Waals surface area contributed by atoms with Crippen molar-refractivity contribution in [2.24, 2.45) is 0 Å². The summed E-state index contributed by atoms with van der Waals surface area (Å²) >= 11 is 0. The number of likely N-dealkylation sites (N-methyl/N-ethyl adjacent to an activating group) is 1. The van der Waals surface area contributed by atoms with Crippen molar-refractivity contribution in [2.75, 3.05) is 20.3 Å². The van der Waals surface area contributed by atoms with Crippen LogP contribution in [0.4, 0.5) is 5.69 Å². The van der Waals surface area contributed by atoms with Gasteiger partial charge in [0.2, 0.25) is 0 Å². The third kappa shape index (κ3) is 3.24. The second-order valence-electron chi connectivity index (χ2n) is 4.29. The minimum atomic E-state index is -0.618. The van der Waals surface area contributed by atoms with Gasteiger partial charge >= 0.3 is 0 Å². The van der Waals surface area contributed by atoms with Gasteiger partial charge in [0.25, 0.3) is 11.6 Å². The number of nitrogens with zero attached hydrogens (tertiary/aromatic N) is 2. The van der Waals surface area contributed by atoms with Crippen molar-refractivity contribution in [3.8, 4) is 5.75 Å². The molecular weight excluding hydrogens is 264 g/mol. The van der Waals surface area contributed by atoms with Crippen LogP contribution in [-0.4, -0.2) is 47.1 Å². The number of nitro groups is 1. The fourth-order valence-corrected chi connectivity index (χ4v) is 1.66. The number of aliphatic hydroxyl groups is 1. The van der Waals surface area contributed by atoms with E-state index in [1.807, 2.05) is 0 Å². The molecule has 1 amide bonds. The summed E-state index contributed by atoms with van der Waals surface area (Å²) in [6, 6.07) is 3.79. The summed E-state index contributed by atoms with van der Waals surface area (Å²) in [6.45, 7) is 3.44. The van der Waals surface area contributed by atoms with Crippen LogP contribution in [0.25, 0.3) is 0 Å². The number of ether oxygens (including phenoxy) is 1. The predicted octanol–water partition coefficient (Wildman–Crippen LogP) is 1.45. The van der Waals surface area contributed by atoms with Crippen molar-refractivity contribution < 1.29 is 19.6 Å². The van der Waals surface area contributed by atoms with Gasteiger partial charge < -0.3 is 14.7 Å². The summed E-state index contributed by atoms with van der Waals surface area (Å²) in [7, 11) is 1.48. The summed E-state index contributed by atoms with van der Waals surface area (Å²) in [5.74, 6) is -0.383. The maximum atomic E-state index is 12.4. The van der Waals surface area contributed by atoms with E-state index in [0.717, 1.165) is 0 Å².